The summed E-state index contributed by atoms with van der Waals surface area (Å²) in [6.45, 7) is 5.87. The molecular formula is C15H17N3O. The molecule has 0 saturated heterocycles. The van der Waals surface area contributed by atoms with Crippen molar-refractivity contribution in [2.24, 2.45) is 0 Å². The van der Waals surface area contributed by atoms with Crippen molar-refractivity contribution in [3.8, 4) is 23.1 Å². The molecule has 0 unspecified atom stereocenters. The summed E-state index contributed by atoms with van der Waals surface area (Å²) in [5.74, 6) is 1.24. The average molecular weight is 255 g/mol. The van der Waals surface area contributed by atoms with E-state index in [0.29, 0.717) is 11.4 Å². The van der Waals surface area contributed by atoms with Crippen LogP contribution in [0.15, 0.2) is 24.3 Å². The van der Waals surface area contributed by atoms with Gasteiger partial charge in [-0.15, -0.1) is 0 Å². The van der Waals surface area contributed by atoms with Crippen molar-refractivity contribution in [1.82, 2.24) is 4.98 Å². The highest BCUT2D eigenvalue weighted by Gasteiger charge is 2.13. The molecule has 4 nitrogen and oxygen atoms in total. The zero-order chi connectivity index (χ0) is 14.0. The first-order chi connectivity index (χ1) is 9.02. The molecule has 0 saturated carbocycles. The summed E-state index contributed by atoms with van der Waals surface area (Å²) >= 11 is 0. The van der Waals surface area contributed by atoms with E-state index in [4.69, 9.17) is 15.7 Å². The normalized spacial score (nSPS) is 10.5. The number of anilines is 1. The number of aromatic nitrogens is 1. The van der Waals surface area contributed by atoms with Gasteiger partial charge in [0.2, 0.25) is 0 Å². The van der Waals surface area contributed by atoms with Gasteiger partial charge in [0.05, 0.1) is 17.4 Å². The molecule has 1 heterocycles. The van der Waals surface area contributed by atoms with Crippen molar-refractivity contribution in [3.63, 3.8) is 0 Å². The number of nitrogens with zero attached hydrogens (tertiary/aromatic N) is 1. The van der Waals surface area contributed by atoms with E-state index in [1.54, 1.807) is 0 Å². The van der Waals surface area contributed by atoms with E-state index in [1.807, 2.05) is 45.0 Å². The zero-order valence-electron chi connectivity index (χ0n) is 11.3. The molecule has 98 valence electrons. The molecule has 0 radical (unpaired) electrons. The lowest BCUT2D eigenvalue weighted by Crippen LogP contribution is -2.05. The predicted molar refractivity (Wildman–Crippen MR) is 75.9 cm³/mol. The van der Waals surface area contributed by atoms with Gasteiger partial charge in [-0.25, -0.2) is 0 Å². The van der Waals surface area contributed by atoms with Crippen LogP contribution in [0.5, 0.6) is 5.75 Å². The molecule has 2 aromatic rings. The first-order valence-electron chi connectivity index (χ1n) is 6.18. The standard InChI is InChI=1S/C15H17N3O/c1-9(2)19-12-6-4-11(5-7-12)14-10(3)13(8-16)15(17)18-14/h4-7,9,18H,17H2,1-3H3. The lowest BCUT2D eigenvalue weighted by atomic mass is 10.1. The summed E-state index contributed by atoms with van der Waals surface area (Å²) < 4.78 is 5.60. The molecule has 0 atom stereocenters. The Morgan fingerprint density at radius 1 is 1.26 bits per heavy atom. The molecule has 0 bridgehead atoms. The van der Waals surface area contributed by atoms with Crippen molar-refractivity contribution in [1.29, 1.82) is 5.26 Å². The number of hydrogen-bond donors (Lipinski definition) is 2. The monoisotopic (exact) mass is 255 g/mol. The Kier molecular flexibility index (Phi) is 3.48. The summed E-state index contributed by atoms with van der Waals surface area (Å²) in [4.78, 5) is 3.05. The minimum absolute atomic E-state index is 0.152. The fourth-order valence-corrected chi connectivity index (χ4v) is 2.02. The zero-order valence-corrected chi connectivity index (χ0v) is 11.3. The van der Waals surface area contributed by atoms with Crippen LogP contribution in [0.25, 0.3) is 11.3 Å². The Balaban J connectivity index is 2.36. The Labute approximate surface area is 112 Å². The number of H-pyrrole nitrogens is 1. The number of nitriles is 1. The highest BCUT2D eigenvalue weighted by Crippen LogP contribution is 2.29. The minimum Gasteiger partial charge on any atom is -0.491 e. The lowest BCUT2D eigenvalue weighted by Gasteiger charge is -2.10. The second kappa shape index (κ2) is 5.07. The van der Waals surface area contributed by atoms with Crippen LogP contribution in [0, 0.1) is 18.3 Å². The molecular weight excluding hydrogens is 238 g/mol. The van der Waals surface area contributed by atoms with Crippen molar-refractivity contribution >= 4 is 5.82 Å². The molecule has 0 spiro atoms. The summed E-state index contributed by atoms with van der Waals surface area (Å²) in [7, 11) is 0. The lowest BCUT2D eigenvalue weighted by molar-refractivity contribution is 0.242. The Morgan fingerprint density at radius 3 is 2.37 bits per heavy atom. The predicted octanol–water partition coefficient (Wildman–Crippen LogP) is 3.23. The Bertz CT molecular complexity index is 618. The number of ether oxygens (including phenoxy) is 1. The molecule has 1 aromatic carbocycles. The second-order valence-electron chi connectivity index (χ2n) is 4.72. The van der Waals surface area contributed by atoms with Crippen LogP contribution in [-0.4, -0.2) is 11.1 Å². The highest BCUT2D eigenvalue weighted by atomic mass is 16.5. The van der Waals surface area contributed by atoms with Gasteiger partial charge in [0, 0.05) is 0 Å². The number of nitrogen functional groups attached to an aromatic ring is 1. The molecule has 3 N–H and O–H groups in total. The molecule has 2 rings (SSSR count). The van der Waals surface area contributed by atoms with Crippen molar-refractivity contribution in [2.45, 2.75) is 26.9 Å². The molecule has 19 heavy (non-hydrogen) atoms. The van der Waals surface area contributed by atoms with Crippen LogP contribution < -0.4 is 10.5 Å². The van der Waals surface area contributed by atoms with Crippen LogP contribution >= 0.6 is 0 Å². The highest BCUT2D eigenvalue weighted by molar-refractivity contribution is 5.72. The number of rotatable bonds is 3. The van der Waals surface area contributed by atoms with Crippen LogP contribution in [-0.2, 0) is 0 Å². The Hall–Kier alpha value is -2.41. The van der Waals surface area contributed by atoms with Gasteiger partial charge in [-0.05, 0) is 56.2 Å². The fourth-order valence-electron chi connectivity index (χ4n) is 2.02. The van der Waals surface area contributed by atoms with Gasteiger partial charge in [-0.1, -0.05) is 0 Å². The Morgan fingerprint density at radius 2 is 1.89 bits per heavy atom. The van der Waals surface area contributed by atoms with E-state index in [9.17, 15) is 0 Å². The molecule has 0 amide bonds. The SMILES string of the molecule is Cc1c(-c2ccc(OC(C)C)cc2)[nH]c(N)c1C#N. The minimum atomic E-state index is 0.152. The van der Waals surface area contributed by atoms with Crippen molar-refractivity contribution in [3.05, 3.63) is 35.4 Å². The van der Waals surface area contributed by atoms with E-state index < -0.39 is 0 Å². The first-order valence-corrected chi connectivity index (χ1v) is 6.18. The van der Waals surface area contributed by atoms with Crippen molar-refractivity contribution in [2.75, 3.05) is 5.73 Å². The number of nitrogens with two attached hydrogens (primary N) is 1. The smallest absolute Gasteiger partial charge is 0.119 e. The number of benzene rings is 1. The molecule has 0 aliphatic carbocycles. The quantitative estimate of drug-likeness (QED) is 0.884. The topological polar surface area (TPSA) is 74.8 Å². The number of aromatic amines is 1. The summed E-state index contributed by atoms with van der Waals surface area (Å²) in [5, 5.41) is 9.03. The third-order valence-corrected chi connectivity index (χ3v) is 2.91. The van der Waals surface area contributed by atoms with Gasteiger partial charge in [-0.2, -0.15) is 5.26 Å². The van der Waals surface area contributed by atoms with Gasteiger partial charge >= 0.3 is 0 Å². The van der Waals surface area contributed by atoms with Gasteiger partial charge in [-0.3, -0.25) is 0 Å². The average Bonchev–Trinajstić information content (AvgIpc) is 2.64. The number of hydrogen-bond acceptors (Lipinski definition) is 3. The van der Waals surface area contributed by atoms with Crippen molar-refractivity contribution < 1.29 is 4.74 Å². The maximum atomic E-state index is 9.03. The molecule has 0 aliphatic rings. The second-order valence-corrected chi connectivity index (χ2v) is 4.72. The van der Waals surface area contributed by atoms with E-state index in [0.717, 1.165) is 22.6 Å². The van der Waals surface area contributed by atoms with Gasteiger partial charge < -0.3 is 15.5 Å². The van der Waals surface area contributed by atoms with Gasteiger partial charge in [0.1, 0.15) is 17.6 Å². The van der Waals surface area contributed by atoms with E-state index >= 15 is 0 Å². The summed E-state index contributed by atoms with van der Waals surface area (Å²) in [6.07, 6.45) is 0.152. The van der Waals surface area contributed by atoms with Crippen LogP contribution in [0.1, 0.15) is 25.0 Å². The van der Waals surface area contributed by atoms with Crippen LogP contribution in [0.4, 0.5) is 5.82 Å². The van der Waals surface area contributed by atoms with Gasteiger partial charge in [0.15, 0.2) is 0 Å². The maximum absolute atomic E-state index is 9.03. The molecule has 4 heteroatoms. The summed E-state index contributed by atoms with van der Waals surface area (Å²) in [5.41, 5.74) is 9.03. The third-order valence-electron chi connectivity index (χ3n) is 2.91. The molecule has 0 fully saturated rings. The van der Waals surface area contributed by atoms with E-state index in [2.05, 4.69) is 11.1 Å². The molecule has 1 aromatic heterocycles. The van der Waals surface area contributed by atoms with Gasteiger partial charge in [0.25, 0.3) is 0 Å². The van der Waals surface area contributed by atoms with E-state index in [-0.39, 0.29) is 6.10 Å². The largest absolute Gasteiger partial charge is 0.491 e. The fraction of sp³-hybridized carbons (Fsp3) is 0.267. The van der Waals surface area contributed by atoms with Crippen LogP contribution in [0.3, 0.4) is 0 Å². The number of nitrogens with one attached hydrogen (secondary N) is 1. The molecule has 0 aliphatic heterocycles. The third kappa shape index (κ3) is 2.55. The van der Waals surface area contributed by atoms with E-state index in [1.165, 1.54) is 0 Å². The van der Waals surface area contributed by atoms with Crippen LogP contribution in [0.2, 0.25) is 0 Å². The maximum Gasteiger partial charge on any atom is 0.119 e. The summed E-state index contributed by atoms with van der Waals surface area (Å²) in [6, 6.07) is 9.85. The first kappa shape index (κ1) is 13.0.